The minimum atomic E-state index is -0.746. The van der Waals surface area contributed by atoms with Gasteiger partial charge >= 0.3 is 0 Å². The number of hydrogen-bond donors (Lipinski definition) is 2. The SMILES string of the molecule is CNC(=O)[C@@H]1C[C@@H](O)CN1C(=O)[C@@H](n1cc(-c2cc(OC)ccn2)nn1)C(C)(C)C. The molecule has 10 heteroatoms. The van der Waals surface area contributed by atoms with Crippen LogP contribution in [-0.2, 0) is 9.59 Å². The number of ether oxygens (including phenoxy) is 1. The van der Waals surface area contributed by atoms with Gasteiger partial charge in [-0.3, -0.25) is 14.6 Å². The van der Waals surface area contributed by atoms with E-state index in [4.69, 9.17) is 4.74 Å². The number of aliphatic hydroxyl groups excluding tert-OH is 1. The number of β-amino-alcohol motifs (C(OH)–C–C–N with tert-alkyl or cyclic N) is 1. The number of likely N-dealkylation sites (tertiary alicyclic amines) is 1. The molecule has 30 heavy (non-hydrogen) atoms. The van der Waals surface area contributed by atoms with Gasteiger partial charge in [-0.05, 0) is 11.5 Å². The summed E-state index contributed by atoms with van der Waals surface area (Å²) in [6, 6.07) is 2.03. The van der Waals surface area contributed by atoms with Gasteiger partial charge in [-0.1, -0.05) is 26.0 Å². The van der Waals surface area contributed by atoms with Gasteiger partial charge in [0.1, 0.15) is 23.5 Å². The normalized spacial score (nSPS) is 20.1. The number of nitrogens with zero attached hydrogens (tertiary/aromatic N) is 5. The number of likely N-dealkylation sites (N-methyl/N-ethyl adjacent to an activating group) is 1. The van der Waals surface area contributed by atoms with Crippen molar-refractivity contribution in [2.45, 2.75) is 45.4 Å². The topological polar surface area (TPSA) is 122 Å². The van der Waals surface area contributed by atoms with Crippen molar-refractivity contribution >= 4 is 11.8 Å². The Hall–Kier alpha value is -3.01. The Balaban J connectivity index is 1.95. The zero-order valence-electron chi connectivity index (χ0n) is 17.9. The summed E-state index contributed by atoms with van der Waals surface area (Å²) in [7, 11) is 3.08. The van der Waals surface area contributed by atoms with Crippen LogP contribution in [0, 0.1) is 5.41 Å². The van der Waals surface area contributed by atoms with E-state index in [2.05, 4.69) is 20.6 Å². The van der Waals surface area contributed by atoms with Crippen LogP contribution >= 0.6 is 0 Å². The number of aromatic nitrogens is 4. The van der Waals surface area contributed by atoms with Crippen LogP contribution in [0.5, 0.6) is 5.75 Å². The smallest absolute Gasteiger partial charge is 0.248 e. The van der Waals surface area contributed by atoms with Gasteiger partial charge in [-0.2, -0.15) is 0 Å². The first kappa shape index (κ1) is 21.7. The standard InChI is InChI=1S/C20H28N6O4/c1-20(2,3)17(19(29)25-10-12(27)8-16(25)18(28)21-4)26-11-15(23-24-26)14-9-13(30-5)6-7-22-14/h6-7,9,11-12,16-17,27H,8,10H2,1-5H3,(H,21,28)/t12-,16+,17-/m1/s1. The van der Waals surface area contributed by atoms with E-state index in [9.17, 15) is 14.7 Å². The third-order valence-corrected chi connectivity index (χ3v) is 5.17. The Bertz CT molecular complexity index is 922. The highest BCUT2D eigenvalue weighted by atomic mass is 16.5. The first-order valence-electron chi connectivity index (χ1n) is 9.78. The van der Waals surface area contributed by atoms with Crippen molar-refractivity contribution in [2.75, 3.05) is 20.7 Å². The van der Waals surface area contributed by atoms with Gasteiger partial charge in [0.05, 0.1) is 25.1 Å². The second kappa shape index (κ2) is 8.39. The average molecular weight is 416 g/mol. The minimum absolute atomic E-state index is 0.0997. The Morgan fingerprint density at radius 3 is 2.70 bits per heavy atom. The molecule has 2 aromatic heterocycles. The Labute approximate surface area is 175 Å². The quantitative estimate of drug-likeness (QED) is 0.733. The molecule has 1 fully saturated rings. The lowest BCUT2D eigenvalue weighted by Crippen LogP contribution is -2.49. The van der Waals surface area contributed by atoms with Crippen molar-refractivity contribution in [1.29, 1.82) is 0 Å². The molecule has 2 N–H and O–H groups in total. The second-order valence-electron chi connectivity index (χ2n) is 8.44. The highest BCUT2D eigenvalue weighted by molar-refractivity contribution is 5.90. The van der Waals surface area contributed by atoms with Gasteiger partial charge in [-0.25, -0.2) is 4.68 Å². The highest BCUT2D eigenvalue weighted by Crippen LogP contribution is 2.35. The third-order valence-electron chi connectivity index (χ3n) is 5.17. The predicted molar refractivity (Wildman–Crippen MR) is 108 cm³/mol. The summed E-state index contributed by atoms with van der Waals surface area (Å²) in [4.78, 5) is 31.5. The predicted octanol–water partition coefficient (Wildman–Crippen LogP) is 0.644. The Morgan fingerprint density at radius 2 is 2.07 bits per heavy atom. The number of amides is 2. The van der Waals surface area contributed by atoms with Crippen LogP contribution in [0.15, 0.2) is 24.5 Å². The zero-order valence-corrected chi connectivity index (χ0v) is 17.9. The summed E-state index contributed by atoms with van der Waals surface area (Å²) < 4.78 is 6.73. The molecule has 0 aromatic carbocycles. The van der Waals surface area contributed by atoms with Gasteiger partial charge < -0.3 is 20.1 Å². The van der Waals surface area contributed by atoms with Crippen LogP contribution in [0.1, 0.15) is 33.2 Å². The molecule has 2 amide bonds. The molecule has 1 saturated heterocycles. The van der Waals surface area contributed by atoms with Crippen molar-refractivity contribution in [2.24, 2.45) is 5.41 Å². The van der Waals surface area contributed by atoms with E-state index in [1.165, 1.54) is 16.6 Å². The van der Waals surface area contributed by atoms with Crippen LogP contribution < -0.4 is 10.1 Å². The zero-order chi connectivity index (χ0) is 22.1. The number of carbonyl (C=O) groups excluding carboxylic acids is 2. The van der Waals surface area contributed by atoms with Crippen molar-refractivity contribution in [1.82, 2.24) is 30.2 Å². The molecule has 0 unspecified atom stereocenters. The minimum Gasteiger partial charge on any atom is -0.497 e. The number of methoxy groups -OCH3 is 1. The largest absolute Gasteiger partial charge is 0.497 e. The van der Waals surface area contributed by atoms with Gasteiger partial charge in [-0.15, -0.1) is 5.10 Å². The molecule has 3 rings (SSSR count). The Kier molecular flexibility index (Phi) is 6.06. The molecule has 0 bridgehead atoms. The maximum absolute atomic E-state index is 13.5. The number of hydrogen-bond acceptors (Lipinski definition) is 7. The molecular formula is C20H28N6O4. The van der Waals surface area contributed by atoms with Crippen LogP contribution in [0.25, 0.3) is 11.4 Å². The number of aliphatic hydroxyl groups is 1. The summed E-state index contributed by atoms with van der Waals surface area (Å²) in [5.41, 5.74) is 0.547. The molecule has 3 atom stereocenters. The van der Waals surface area contributed by atoms with Crippen molar-refractivity contribution in [3.05, 3.63) is 24.5 Å². The number of carbonyl (C=O) groups is 2. The molecule has 2 aromatic rings. The molecule has 1 aliphatic rings. The summed E-state index contributed by atoms with van der Waals surface area (Å²) in [6.07, 6.45) is 2.73. The fourth-order valence-electron chi connectivity index (χ4n) is 3.71. The summed E-state index contributed by atoms with van der Waals surface area (Å²) in [5, 5.41) is 21.0. The molecule has 1 aliphatic heterocycles. The highest BCUT2D eigenvalue weighted by Gasteiger charge is 2.45. The average Bonchev–Trinajstić information content (AvgIpc) is 3.33. The summed E-state index contributed by atoms with van der Waals surface area (Å²) in [6.45, 7) is 5.86. The molecule has 0 radical (unpaired) electrons. The van der Waals surface area contributed by atoms with Crippen molar-refractivity contribution in [3.8, 4) is 17.1 Å². The van der Waals surface area contributed by atoms with Gasteiger partial charge in [0.15, 0.2) is 0 Å². The third kappa shape index (κ3) is 4.28. The van der Waals surface area contributed by atoms with Crippen LogP contribution in [-0.4, -0.2) is 74.6 Å². The van der Waals surface area contributed by atoms with E-state index in [0.29, 0.717) is 17.1 Å². The summed E-state index contributed by atoms with van der Waals surface area (Å²) in [5.74, 6) is 0.0487. The number of rotatable bonds is 5. The van der Waals surface area contributed by atoms with E-state index < -0.39 is 23.6 Å². The first-order valence-corrected chi connectivity index (χ1v) is 9.78. The lowest BCUT2D eigenvalue weighted by Gasteiger charge is -2.34. The summed E-state index contributed by atoms with van der Waals surface area (Å²) >= 11 is 0. The lowest BCUT2D eigenvalue weighted by atomic mass is 9.85. The van der Waals surface area contributed by atoms with E-state index in [1.807, 2.05) is 20.8 Å². The van der Waals surface area contributed by atoms with Gasteiger partial charge in [0, 0.05) is 32.3 Å². The van der Waals surface area contributed by atoms with Crippen molar-refractivity contribution < 1.29 is 19.4 Å². The van der Waals surface area contributed by atoms with Gasteiger partial charge in [0.2, 0.25) is 11.8 Å². The fraction of sp³-hybridized carbons (Fsp3) is 0.550. The molecule has 3 heterocycles. The van der Waals surface area contributed by atoms with Crippen LogP contribution in [0.2, 0.25) is 0 Å². The van der Waals surface area contributed by atoms with E-state index in [-0.39, 0.29) is 24.8 Å². The first-order chi connectivity index (χ1) is 14.2. The molecule has 0 saturated carbocycles. The second-order valence-corrected chi connectivity index (χ2v) is 8.44. The maximum Gasteiger partial charge on any atom is 0.248 e. The maximum atomic E-state index is 13.5. The number of nitrogens with one attached hydrogen (secondary N) is 1. The van der Waals surface area contributed by atoms with Crippen molar-refractivity contribution in [3.63, 3.8) is 0 Å². The fourth-order valence-corrected chi connectivity index (χ4v) is 3.71. The van der Waals surface area contributed by atoms with E-state index >= 15 is 0 Å². The number of pyridine rings is 1. The monoisotopic (exact) mass is 416 g/mol. The van der Waals surface area contributed by atoms with Gasteiger partial charge in [0.25, 0.3) is 0 Å². The lowest BCUT2D eigenvalue weighted by molar-refractivity contribution is -0.144. The molecule has 0 aliphatic carbocycles. The van der Waals surface area contributed by atoms with E-state index in [0.717, 1.165) is 0 Å². The van der Waals surface area contributed by atoms with Crippen LogP contribution in [0.3, 0.4) is 0 Å². The molecular weight excluding hydrogens is 388 g/mol. The Morgan fingerprint density at radius 1 is 1.33 bits per heavy atom. The molecule has 0 spiro atoms. The molecule has 10 nitrogen and oxygen atoms in total. The van der Waals surface area contributed by atoms with Crippen LogP contribution in [0.4, 0.5) is 0 Å². The van der Waals surface area contributed by atoms with E-state index in [1.54, 1.807) is 31.6 Å². The molecule has 162 valence electrons.